The largest absolute Gasteiger partial charge is 0.357 e. The Hall–Kier alpha value is -1.28. The van der Waals surface area contributed by atoms with Gasteiger partial charge in [0, 0.05) is 28.7 Å². The van der Waals surface area contributed by atoms with Crippen molar-refractivity contribution in [3.05, 3.63) is 33.5 Å². The van der Waals surface area contributed by atoms with E-state index < -0.39 is 0 Å². The molecule has 0 aliphatic carbocycles. The highest BCUT2D eigenvalue weighted by Crippen LogP contribution is 2.42. The molecule has 2 aromatic rings. The lowest BCUT2D eigenvalue weighted by Gasteiger charge is -2.32. The monoisotopic (exact) mass is 270 g/mol. The summed E-state index contributed by atoms with van der Waals surface area (Å²) in [6.07, 6.45) is 0. The van der Waals surface area contributed by atoms with Gasteiger partial charge in [0.2, 0.25) is 0 Å². The Morgan fingerprint density at radius 2 is 1.40 bits per heavy atom. The summed E-state index contributed by atoms with van der Waals surface area (Å²) < 4.78 is 0. The Kier molecular flexibility index (Phi) is 2.98. The molecule has 3 unspecified atom stereocenters. The zero-order valence-corrected chi connectivity index (χ0v) is 13.7. The molecule has 0 bridgehead atoms. The minimum atomic E-state index is 0.406. The molecule has 2 nitrogen and oxygen atoms in total. The van der Waals surface area contributed by atoms with E-state index in [2.05, 4.69) is 58.8 Å². The zero-order chi connectivity index (χ0) is 14.8. The molecule has 0 saturated heterocycles. The van der Waals surface area contributed by atoms with Gasteiger partial charge in [0.05, 0.1) is 0 Å². The Bertz CT molecular complexity index is 693. The van der Waals surface area contributed by atoms with Gasteiger partial charge in [-0.2, -0.15) is 0 Å². The van der Waals surface area contributed by atoms with Crippen LogP contribution in [0.5, 0.6) is 0 Å². The Balaban J connectivity index is 2.46. The number of hydrogen-bond donors (Lipinski definition) is 2. The fourth-order valence-corrected chi connectivity index (χ4v) is 3.83. The molecule has 20 heavy (non-hydrogen) atoms. The molecule has 0 saturated carbocycles. The molecule has 2 heteroatoms. The van der Waals surface area contributed by atoms with Gasteiger partial charge in [-0.05, 0) is 75.3 Å². The van der Waals surface area contributed by atoms with Crippen LogP contribution in [0.25, 0.3) is 10.9 Å². The van der Waals surface area contributed by atoms with Crippen LogP contribution in [0.2, 0.25) is 0 Å². The molecule has 1 aromatic carbocycles. The number of hydrogen-bond acceptors (Lipinski definition) is 1. The highest BCUT2D eigenvalue weighted by atomic mass is 15.0. The van der Waals surface area contributed by atoms with E-state index in [9.17, 15) is 0 Å². The summed E-state index contributed by atoms with van der Waals surface area (Å²) in [4.78, 5) is 3.73. The maximum Gasteiger partial charge on any atom is 0.0494 e. The first kappa shape index (κ1) is 13.7. The van der Waals surface area contributed by atoms with Crippen molar-refractivity contribution >= 4 is 10.9 Å². The third-order valence-corrected chi connectivity index (χ3v) is 5.66. The second kappa shape index (κ2) is 4.36. The molecule has 2 N–H and O–H groups in total. The van der Waals surface area contributed by atoms with Crippen molar-refractivity contribution in [1.82, 2.24) is 10.3 Å². The van der Waals surface area contributed by atoms with Crippen LogP contribution in [0, 0.1) is 27.7 Å². The number of aryl methyl sites for hydroxylation is 2. The molecular formula is C18H26N2. The predicted molar refractivity (Wildman–Crippen MR) is 86.7 cm³/mol. The standard InChI is InChI=1S/C18H26N2/c1-8-9(2)11(4)17-15(10(8)3)16-12(5)13(6)19-14(7)18(16)20-17/h12-14,19-20H,1-7H3. The molecule has 1 aliphatic rings. The first-order chi connectivity index (χ1) is 9.34. The number of H-pyrrole nitrogens is 1. The van der Waals surface area contributed by atoms with Gasteiger partial charge < -0.3 is 10.3 Å². The number of rotatable bonds is 0. The third-order valence-electron chi connectivity index (χ3n) is 5.66. The van der Waals surface area contributed by atoms with Crippen LogP contribution < -0.4 is 5.32 Å². The summed E-state index contributed by atoms with van der Waals surface area (Å²) in [5.74, 6) is 0.551. The molecule has 3 rings (SSSR count). The molecule has 2 heterocycles. The van der Waals surface area contributed by atoms with Crippen molar-refractivity contribution in [2.45, 2.75) is 66.5 Å². The van der Waals surface area contributed by atoms with E-state index in [1.807, 2.05) is 0 Å². The van der Waals surface area contributed by atoms with Crippen LogP contribution in [0.15, 0.2) is 0 Å². The third kappa shape index (κ3) is 1.61. The first-order valence-electron chi connectivity index (χ1n) is 7.72. The van der Waals surface area contributed by atoms with Crippen LogP contribution in [0.1, 0.15) is 66.2 Å². The number of aromatic nitrogens is 1. The van der Waals surface area contributed by atoms with E-state index in [-0.39, 0.29) is 0 Å². The summed E-state index contributed by atoms with van der Waals surface area (Å²) in [5.41, 5.74) is 10.0. The highest BCUT2D eigenvalue weighted by molar-refractivity contribution is 5.93. The summed E-state index contributed by atoms with van der Waals surface area (Å²) in [5, 5.41) is 5.16. The van der Waals surface area contributed by atoms with Gasteiger partial charge in [-0.3, -0.25) is 0 Å². The van der Waals surface area contributed by atoms with Crippen LogP contribution in [-0.2, 0) is 0 Å². The number of aromatic amines is 1. The molecule has 1 aliphatic heterocycles. The van der Waals surface area contributed by atoms with Gasteiger partial charge in [-0.1, -0.05) is 6.92 Å². The van der Waals surface area contributed by atoms with Crippen molar-refractivity contribution in [3.63, 3.8) is 0 Å². The van der Waals surface area contributed by atoms with E-state index >= 15 is 0 Å². The summed E-state index contributed by atoms with van der Waals surface area (Å²) >= 11 is 0. The molecule has 108 valence electrons. The van der Waals surface area contributed by atoms with Crippen molar-refractivity contribution < 1.29 is 0 Å². The van der Waals surface area contributed by atoms with E-state index in [0.29, 0.717) is 18.0 Å². The second-order valence-corrected chi connectivity index (χ2v) is 6.67. The van der Waals surface area contributed by atoms with Crippen molar-refractivity contribution in [1.29, 1.82) is 0 Å². The second-order valence-electron chi connectivity index (χ2n) is 6.67. The van der Waals surface area contributed by atoms with Gasteiger partial charge in [0.15, 0.2) is 0 Å². The van der Waals surface area contributed by atoms with Gasteiger partial charge in [0.1, 0.15) is 0 Å². The maximum absolute atomic E-state index is 3.73. The van der Waals surface area contributed by atoms with E-state index in [1.165, 1.54) is 38.9 Å². The van der Waals surface area contributed by atoms with Gasteiger partial charge in [-0.15, -0.1) is 0 Å². The molecule has 3 atom stereocenters. The summed E-state index contributed by atoms with van der Waals surface area (Å²) in [6.45, 7) is 15.9. The summed E-state index contributed by atoms with van der Waals surface area (Å²) in [6, 6.07) is 0.931. The SMILES string of the molecule is Cc1c(C)c(C)c2c3c([nH]c2c1C)C(C)NC(C)C3C. The molecule has 1 aromatic heterocycles. The average Bonchev–Trinajstić information content (AvgIpc) is 2.81. The molecule has 0 fully saturated rings. The lowest BCUT2D eigenvalue weighted by atomic mass is 9.83. The molecular weight excluding hydrogens is 244 g/mol. The lowest BCUT2D eigenvalue weighted by Crippen LogP contribution is -2.38. The number of nitrogens with one attached hydrogen (secondary N) is 2. The fourth-order valence-electron chi connectivity index (χ4n) is 3.83. The summed E-state index contributed by atoms with van der Waals surface area (Å²) in [7, 11) is 0. The van der Waals surface area contributed by atoms with Crippen LogP contribution in [-0.4, -0.2) is 11.0 Å². The van der Waals surface area contributed by atoms with Crippen molar-refractivity contribution in [3.8, 4) is 0 Å². The van der Waals surface area contributed by atoms with Gasteiger partial charge >= 0.3 is 0 Å². The van der Waals surface area contributed by atoms with Crippen molar-refractivity contribution in [2.75, 3.05) is 0 Å². The van der Waals surface area contributed by atoms with E-state index in [1.54, 1.807) is 5.56 Å². The highest BCUT2D eigenvalue weighted by Gasteiger charge is 2.31. The Morgan fingerprint density at radius 1 is 0.800 bits per heavy atom. The van der Waals surface area contributed by atoms with Crippen LogP contribution in [0.3, 0.4) is 0 Å². The molecule has 0 spiro atoms. The first-order valence-corrected chi connectivity index (χ1v) is 7.72. The minimum Gasteiger partial charge on any atom is -0.357 e. The van der Waals surface area contributed by atoms with Gasteiger partial charge in [0.25, 0.3) is 0 Å². The predicted octanol–water partition coefficient (Wildman–Crippen LogP) is 4.56. The van der Waals surface area contributed by atoms with Crippen molar-refractivity contribution in [2.24, 2.45) is 0 Å². The average molecular weight is 270 g/mol. The Morgan fingerprint density at radius 3 is 2.05 bits per heavy atom. The topological polar surface area (TPSA) is 27.8 Å². The lowest BCUT2D eigenvalue weighted by molar-refractivity contribution is 0.394. The smallest absolute Gasteiger partial charge is 0.0494 e. The Labute approximate surface area is 122 Å². The molecule has 0 radical (unpaired) electrons. The normalized spacial score (nSPS) is 26.1. The van der Waals surface area contributed by atoms with Crippen LogP contribution >= 0.6 is 0 Å². The quantitative estimate of drug-likeness (QED) is 0.721. The molecule has 0 amide bonds. The van der Waals surface area contributed by atoms with E-state index in [0.717, 1.165) is 0 Å². The number of fused-ring (bicyclic) bond motifs is 3. The van der Waals surface area contributed by atoms with Crippen LogP contribution in [0.4, 0.5) is 0 Å². The van der Waals surface area contributed by atoms with Gasteiger partial charge in [-0.25, -0.2) is 0 Å². The zero-order valence-electron chi connectivity index (χ0n) is 13.7. The maximum atomic E-state index is 3.73. The number of benzene rings is 1. The fraction of sp³-hybridized carbons (Fsp3) is 0.556. The minimum absolute atomic E-state index is 0.406. The van der Waals surface area contributed by atoms with E-state index in [4.69, 9.17) is 0 Å².